The van der Waals surface area contributed by atoms with E-state index in [-0.39, 0.29) is 5.91 Å². The molecule has 0 radical (unpaired) electrons. The second kappa shape index (κ2) is 6.63. The van der Waals surface area contributed by atoms with Crippen molar-refractivity contribution in [1.29, 1.82) is 0 Å². The SMILES string of the molecule is CCn1nc(C)c(Cl)c1C(=O)NCc1cccc(OC)c1. The first-order valence-electron chi connectivity index (χ1n) is 6.70. The highest BCUT2D eigenvalue weighted by Gasteiger charge is 2.19. The second-order valence-electron chi connectivity index (χ2n) is 4.60. The van der Waals surface area contributed by atoms with Crippen molar-refractivity contribution >= 4 is 17.5 Å². The molecule has 1 aromatic carbocycles. The second-order valence-corrected chi connectivity index (χ2v) is 4.98. The van der Waals surface area contributed by atoms with Crippen LogP contribution in [0.1, 0.15) is 28.7 Å². The molecule has 21 heavy (non-hydrogen) atoms. The molecule has 112 valence electrons. The van der Waals surface area contributed by atoms with Gasteiger partial charge in [0.25, 0.3) is 5.91 Å². The monoisotopic (exact) mass is 307 g/mol. The van der Waals surface area contributed by atoms with Gasteiger partial charge in [-0.05, 0) is 31.5 Å². The van der Waals surface area contributed by atoms with Gasteiger partial charge in [-0.15, -0.1) is 0 Å². The van der Waals surface area contributed by atoms with E-state index in [1.54, 1.807) is 18.7 Å². The third kappa shape index (κ3) is 3.36. The van der Waals surface area contributed by atoms with Gasteiger partial charge in [-0.25, -0.2) is 0 Å². The highest BCUT2D eigenvalue weighted by atomic mass is 35.5. The lowest BCUT2D eigenvalue weighted by atomic mass is 10.2. The fourth-order valence-electron chi connectivity index (χ4n) is 2.05. The van der Waals surface area contributed by atoms with Crippen LogP contribution in [0.3, 0.4) is 0 Å². The summed E-state index contributed by atoms with van der Waals surface area (Å²) in [4.78, 5) is 12.3. The van der Waals surface area contributed by atoms with E-state index in [0.29, 0.717) is 29.5 Å². The number of aromatic nitrogens is 2. The fraction of sp³-hybridized carbons (Fsp3) is 0.333. The van der Waals surface area contributed by atoms with Crippen molar-refractivity contribution in [3.8, 4) is 5.75 Å². The number of hydrogen-bond acceptors (Lipinski definition) is 3. The third-order valence-electron chi connectivity index (χ3n) is 3.16. The van der Waals surface area contributed by atoms with Gasteiger partial charge in [-0.2, -0.15) is 5.10 Å². The Morgan fingerprint density at radius 2 is 2.24 bits per heavy atom. The molecule has 1 heterocycles. The Morgan fingerprint density at radius 3 is 2.90 bits per heavy atom. The van der Waals surface area contributed by atoms with Gasteiger partial charge in [0, 0.05) is 13.1 Å². The summed E-state index contributed by atoms with van der Waals surface area (Å²) in [5, 5.41) is 7.49. The molecular weight excluding hydrogens is 290 g/mol. The third-order valence-corrected chi connectivity index (χ3v) is 3.61. The number of rotatable bonds is 5. The van der Waals surface area contributed by atoms with Crippen LogP contribution in [0.4, 0.5) is 0 Å². The van der Waals surface area contributed by atoms with E-state index < -0.39 is 0 Å². The van der Waals surface area contributed by atoms with Crippen LogP contribution in [0.15, 0.2) is 24.3 Å². The van der Waals surface area contributed by atoms with E-state index in [4.69, 9.17) is 16.3 Å². The number of methoxy groups -OCH3 is 1. The number of amides is 1. The predicted octanol–water partition coefficient (Wildman–Crippen LogP) is 2.80. The van der Waals surface area contributed by atoms with Gasteiger partial charge in [0.05, 0.1) is 17.8 Å². The average Bonchev–Trinajstić information content (AvgIpc) is 2.80. The van der Waals surface area contributed by atoms with Gasteiger partial charge in [0.15, 0.2) is 0 Å². The first-order valence-corrected chi connectivity index (χ1v) is 7.08. The Hall–Kier alpha value is -2.01. The maximum Gasteiger partial charge on any atom is 0.271 e. The van der Waals surface area contributed by atoms with Crippen LogP contribution in [0.25, 0.3) is 0 Å². The average molecular weight is 308 g/mol. The minimum Gasteiger partial charge on any atom is -0.497 e. The van der Waals surface area contributed by atoms with Crippen molar-refractivity contribution in [2.75, 3.05) is 7.11 Å². The molecule has 0 fully saturated rings. The zero-order valence-corrected chi connectivity index (χ0v) is 13.1. The molecule has 0 bridgehead atoms. The number of carbonyl (C=O) groups excluding carboxylic acids is 1. The summed E-state index contributed by atoms with van der Waals surface area (Å²) in [6.07, 6.45) is 0. The summed E-state index contributed by atoms with van der Waals surface area (Å²) in [6.45, 7) is 4.70. The summed E-state index contributed by atoms with van der Waals surface area (Å²) in [5.41, 5.74) is 2.02. The molecule has 1 amide bonds. The molecule has 0 saturated heterocycles. The van der Waals surface area contributed by atoms with Crippen LogP contribution in [-0.2, 0) is 13.1 Å². The molecule has 0 aliphatic heterocycles. The molecule has 1 N–H and O–H groups in total. The Bertz CT molecular complexity index is 652. The summed E-state index contributed by atoms with van der Waals surface area (Å²) < 4.78 is 6.77. The topological polar surface area (TPSA) is 56.2 Å². The van der Waals surface area contributed by atoms with Gasteiger partial charge in [0.1, 0.15) is 11.4 Å². The zero-order valence-electron chi connectivity index (χ0n) is 12.3. The summed E-state index contributed by atoms with van der Waals surface area (Å²) in [5.74, 6) is 0.527. The smallest absolute Gasteiger partial charge is 0.271 e. The van der Waals surface area contributed by atoms with Crippen molar-refractivity contribution < 1.29 is 9.53 Å². The van der Waals surface area contributed by atoms with E-state index in [9.17, 15) is 4.79 Å². The molecule has 0 aliphatic rings. The number of benzene rings is 1. The lowest BCUT2D eigenvalue weighted by Gasteiger charge is -2.08. The van der Waals surface area contributed by atoms with Crippen molar-refractivity contribution in [1.82, 2.24) is 15.1 Å². The molecule has 6 heteroatoms. The van der Waals surface area contributed by atoms with Gasteiger partial charge in [0.2, 0.25) is 0 Å². The van der Waals surface area contributed by atoms with E-state index in [1.165, 1.54) is 0 Å². The molecule has 0 spiro atoms. The molecular formula is C15H18ClN3O2. The number of nitrogens with zero attached hydrogens (tertiary/aromatic N) is 2. The highest BCUT2D eigenvalue weighted by Crippen LogP contribution is 2.20. The van der Waals surface area contributed by atoms with Gasteiger partial charge < -0.3 is 10.1 Å². The van der Waals surface area contributed by atoms with Crippen LogP contribution in [0.2, 0.25) is 5.02 Å². The molecule has 2 rings (SSSR count). The molecule has 0 atom stereocenters. The molecule has 1 aromatic heterocycles. The molecule has 2 aromatic rings. The molecule has 0 aliphatic carbocycles. The van der Waals surface area contributed by atoms with E-state index >= 15 is 0 Å². The first-order chi connectivity index (χ1) is 10.1. The number of ether oxygens (including phenoxy) is 1. The van der Waals surface area contributed by atoms with E-state index in [1.807, 2.05) is 31.2 Å². The maximum atomic E-state index is 12.3. The lowest BCUT2D eigenvalue weighted by molar-refractivity contribution is 0.0940. The number of hydrogen-bond donors (Lipinski definition) is 1. The molecule has 5 nitrogen and oxygen atoms in total. The fourth-order valence-corrected chi connectivity index (χ4v) is 2.28. The number of halogens is 1. The molecule has 0 saturated carbocycles. The van der Waals surface area contributed by atoms with Crippen molar-refractivity contribution in [2.45, 2.75) is 26.9 Å². The van der Waals surface area contributed by atoms with E-state index in [2.05, 4.69) is 10.4 Å². The minimum absolute atomic E-state index is 0.231. The number of aryl methyl sites for hydroxylation is 2. The van der Waals surface area contributed by atoms with Crippen LogP contribution in [0, 0.1) is 6.92 Å². The Balaban J connectivity index is 2.11. The summed E-state index contributed by atoms with van der Waals surface area (Å²) >= 11 is 6.15. The van der Waals surface area contributed by atoms with Crippen LogP contribution in [0.5, 0.6) is 5.75 Å². The predicted molar refractivity (Wildman–Crippen MR) is 81.8 cm³/mol. The highest BCUT2D eigenvalue weighted by molar-refractivity contribution is 6.34. The largest absolute Gasteiger partial charge is 0.497 e. The quantitative estimate of drug-likeness (QED) is 0.924. The first kappa shape index (κ1) is 15.4. The Kier molecular flexibility index (Phi) is 4.85. The van der Waals surface area contributed by atoms with Gasteiger partial charge >= 0.3 is 0 Å². The van der Waals surface area contributed by atoms with E-state index in [0.717, 1.165) is 11.3 Å². The Labute approximate surface area is 128 Å². The van der Waals surface area contributed by atoms with Crippen LogP contribution in [-0.4, -0.2) is 22.8 Å². The standard InChI is InChI=1S/C15H18ClN3O2/c1-4-19-14(13(16)10(2)18-19)15(20)17-9-11-6-5-7-12(8-11)21-3/h5-8H,4,9H2,1-3H3,(H,17,20). The normalized spacial score (nSPS) is 10.5. The summed E-state index contributed by atoms with van der Waals surface area (Å²) in [7, 11) is 1.61. The molecule has 0 unspecified atom stereocenters. The Morgan fingerprint density at radius 1 is 1.48 bits per heavy atom. The maximum absolute atomic E-state index is 12.3. The lowest BCUT2D eigenvalue weighted by Crippen LogP contribution is -2.26. The van der Waals surface area contributed by atoms with Crippen molar-refractivity contribution in [3.05, 3.63) is 46.2 Å². The number of carbonyl (C=O) groups is 1. The van der Waals surface area contributed by atoms with Crippen molar-refractivity contribution in [3.63, 3.8) is 0 Å². The number of nitrogens with one attached hydrogen (secondary N) is 1. The summed E-state index contributed by atoms with van der Waals surface area (Å²) in [6, 6.07) is 7.54. The zero-order chi connectivity index (χ0) is 15.4. The van der Waals surface area contributed by atoms with Crippen LogP contribution >= 0.6 is 11.6 Å². The van der Waals surface area contributed by atoms with Gasteiger partial charge in [-0.3, -0.25) is 9.48 Å². The van der Waals surface area contributed by atoms with Crippen LogP contribution < -0.4 is 10.1 Å². The van der Waals surface area contributed by atoms with Crippen molar-refractivity contribution in [2.24, 2.45) is 0 Å². The minimum atomic E-state index is -0.231. The van der Waals surface area contributed by atoms with Gasteiger partial charge in [-0.1, -0.05) is 23.7 Å².